The third-order valence-electron chi connectivity index (χ3n) is 11.9. The van der Waals surface area contributed by atoms with Gasteiger partial charge in [-0.05, 0) is 87.5 Å². The van der Waals surface area contributed by atoms with E-state index in [4.69, 9.17) is 35.0 Å². The normalized spacial score (nSPS) is 30.3. The fourth-order valence-electron chi connectivity index (χ4n) is 7.18. The van der Waals surface area contributed by atoms with Crippen molar-refractivity contribution >= 4 is 31.9 Å². The molecule has 1 saturated heterocycles. The molecule has 1 aromatic rings. The largest absolute Gasteiger partial charge is 0.457 e. The number of hydrogen-bond acceptors (Lipinski definition) is 10. The Hall–Kier alpha value is -2.35. The van der Waals surface area contributed by atoms with Gasteiger partial charge in [-0.1, -0.05) is 89.6 Å². The highest BCUT2D eigenvalue weighted by Crippen LogP contribution is 2.40. The van der Waals surface area contributed by atoms with Gasteiger partial charge in [-0.3, -0.25) is 9.59 Å². The lowest BCUT2D eigenvalue weighted by molar-refractivity contribution is -0.157. The molecule has 10 nitrogen and oxygen atoms in total. The van der Waals surface area contributed by atoms with Crippen molar-refractivity contribution in [1.29, 1.82) is 0 Å². The van der Waals surface area contributed by atoms with Gasteiger partial charge < -0.3 is 38.9 Å². The first-order valence-electron chi connectivity index (χ1n) is 20.1. The number of rotatable bonds is 15. The second kappa shape index (κ2) is 20.1. The summed E-state index contributed by atoms with van der Waals surface area (Å²) in [4.78, 5) is 25.8. The van der Waals surface area contributed by atoms with E-state index in [9.17, 15) is 19.8 Å². The predicted octanol–water partition coefficient (Wildman–Crippen LogP) is 8.24. The standard InChI is InChI=1S/C44H70ClNO9Si/c1-14-35(51-11)30(4)39-40(54-39)41(46-27-32-18-20-33(45)21-19-32)44(10,50)24-15-16-28(2)38-29(3)17-22-36(52-31(5)47)43(9,49)25-23-34(26-37(48)53-38)55-56(12,13)42(6,7)8/h15-22,24,29-30,34-36,38-41,46,49-50H,14,23,25-27H2,1-13H3/b22-17+,24-15+,28-16+/t29-,30+,34+,35-,36-,38?,39+,40-,41?,43+,44?/m0/s1. The number of allylic oxidation sites excluding steroid dienone is 2. The third-order valence-corrected chi connectivity index (χ3v) is 16.7. The Kier molecular flexibility index (Phi) is 17.2. The van der Waals surface area contributed by atoms with Crippen LogP contribution in [0.25, 0.3) is 0 Å². The maximum absolute atomic E-state index is 13.7. The molecule has 0 amide bonds. The second-order valence-electron chi connectivity index (χ2n) is 17.9. The zero-order valence-electron chi connectivity index (χ0n) is 36.1. The molecule has 0 radical (unpaired) electrons. The van der Waals surface area contributed by atoms with E-state index in [1.165, 1.54) is 6.92 Å². The second-order valence-corrected chi connectivity index (χ2v) is 23.1. The lowest BCUT2D eigenvalue weighted by atomic mass is 9.87. The Morgan fingerprint density at radius 1 is 1.14 bits per heavy atom. The molecule has 2 heterocycles. The highest BCUT2D eigenvalue weighted by atomic mass is 35.5. The number of halogens is 1. The van der Waals surface area contributed by atoms with Crippen LogP contribution >= 0.6 is 11.6 Å². The average molecular weight is 821 g/mol. The minimum Gasteiger partial charge on any atom is -0.457 e. The number of carbonyl (C=O) groups is 2. The molecule has 0 aliphatic carbocycles. The molecule has 11 atom stereocenters. The predicted molar refractivity (Wildman–Crippen MR) is 225 cm³/mol. The summed E-state index contributed by atoms with van der Waals surface area (Å²) in [5.74, 6) is -1.15. The summed E-state index contributed by atoms with van der Waals surface area (Å²) in [5.41, 5.74) is -0.994. The van der Waals surface area contributed by atoms with Crippen LogP contribution in [0.2, 0.25) is 23.2 Å². The zero-order chi connectivity index (χ0) is 42.2. The zero-order valence-corrected chi connectivity index (χ0v) is 37.8. The van der Waals surface area contributed by atoms with Gasteiger partial charge in [0.1, 0.15) is 23.9 Å². The molecule has 1 fully saturated rings. The topological polar surface area (TPSA) is 136 Å². The number of esters is 2. The van der Waals surface area contributed by atoms with Crippen LogP contribution in [0.3, 0.4) is 0 Å². The molecule has 56 heavy (non-hydrogen) atoms. The van der Waals surface area contributed by atoms with Crippen molar-refractivity contribution in [1.82, 2.24) is 5.32 Å². The van der Waals surface area contributed by atoms with E-state index in [0.717, 1.165) is 17.6 Å². The van der Waals surface area contributed by atoms with Crippen molar-refractivity contribution in [3.63, 3.8) is 0 Å². The molecule has 0 saturated carbocycles. The van der Waals surface area contributed by atoms with Gasteiger partial charge in [0, 0.05) is 37.4 Å². The summed E-state index contributed by atoms with van der Waals surface area (Å²) < 4.78 is 30.5. The van der Waals surface area contributed by atoms with Gasteiger partial charge in [0.05, 0.1) is 36.4 Å². The Labute approximate surface area is 342 Å². The van der Waals surface area contributed by atoms with Crippen LogP contribution in [0.5, 0.6) is 0 Å². The molecule has 3 unspecified atom stereocenters. The van der Waals surface area contributed by atoms with Crippen LogP contribution in [0.4, 0.5) is 0 Å². The quantitative estimate of drug-likeness (QED) is 0.0522. The molecule has 12 heteroatoms. The maximum Gasteiger partial charge on any atom is 0.308 e. The van der Waals surface area contributed by atoms with Crippen molar-refractivity contribution in [2.45, 2.75) is 173 Å². The summed E-state index contributed by atoms with van der Waals surface area (Å²) in [6, 6.07) is 7.12. The summed E-state index contributed by atoms with van der Waals surface area (Å²) in [5, 5.41) is 27.7. The molecule has 2 aliphatic heterocycles. The van der Waals surface area contributed by atoms with E-state index in [-0.39, 0.29) is 48.0 Å². The van der Waals surface area contributed by atoms with Crippen LogP contribution in [-0.2, 0) is 39.5 Å². The summed E-state index contributed by atoms with van der Waals surface area (Å²) in [7, 11) is -0.596. The van der Waals surface area contributed by atoms with Gasteiger partial charge in [0.15, 0.2) is 8.32 Å². The smallest absolute Gasteiger partial charge is 0.308 e. The number of ether oxygens (including phenoxy) is 4. The molecular weight excluding hydrogens is 750 g/mol. The minimum absolute atomic E-state index is 0.00942. The summed E-state index contributed by atoms with van der Waals surface area (Å²) in [6.45, 7) is 23.9. The van der Waals surface area contributed by atoms with Gasteiger partial charge in [0.2, 0.25) is 0 Å². The van der Waals surface area contributed by atoms with Gasteiger partial charge in [0.25, 0.3) is 0 Å². The Morgan fingerprint density at radius 3 is 2.36 bits per heavy atom. The number of methoxy groups -OCH3 is 1. The van der Waals surface area contributed by atoms with Crippen molar-refractivity contribution in [3.05, 3.63) is 70.8 Å². The lowest BCUT2D eigenvalue weighted by Gasteiger charge is -2.40. The Morgan fingerprint density at radius 2 is 1.79 bits per heavy atom. The molecule has 3 N–H and O–H groups in total. The van der Waals surface area contributed by atoms with Crippen molar-refractivity contribution in [2.24, 2.45) is 11.8 Å². The van der Waals surface area contributed by atoms with Crippen LogP contribution < -0.4 is 5.32 Å². The first kappa shape index (κ1) is 48.0. The molecular formula is C44H70ClNO9Si. The van der Waals surface area contributed by atoms with E-state index in [1.807, 2.05) is 50.3 Å². The molecule has 1 aromatic carbocycles. The van der Waals surface area contributed by atoms with Crippen molar-refractivity contribution in [3.8, 4) is 0 Å². The lowest BCUT2D eigenvalue weighted by Crippen LogP contribution is -2.52. The molecule has 0 bridgehead atoms. The van der Waals surface area contributed by atoms with E-state index < -0.39 is 55.8 Å². The van der Waals surface area contributed by atoms with Crippen molar-refractivity contribution < 1.29 is 43.2 Å². The summed E-state index contributed by atoms with van der Waals surface area (Å²) >= 11 is 6.13. The number of hydrogen-bond donors (Lipinski definition) is 3. The number of cyclic esters (lactones) is 1. The SMILES string of the molecule is CC[C@H](OC)[C@@H](C)[C@H]1O[C@@H]1C(NCc1ccc(Cl)cc1)C(C)(O)/C=C/C=C(\C)C1OC(=O)C[C@H](O[Si](C)(C)C(C)(C)C)CC[C@@](C)(O)[C@@H](OC(C)=O)/C=C/[C@@H]1C. The summed E-state index contributed by atoms with van der Waals surface area (Å²) in [6.07, 6.45) is 7.90. The van der Waals surface area contributed by atoms with E-state index in [0.29, 0.717) is 18.0 Å². The number of aliphatic hydroxyl groups is 2. The van der Waals surface area contributed by atoms with Gasteiger partial charge >= 0.3 is 11.9 Å². The Balaban J connectivity index is 1.94. The molecule has 3 rings (SSSR count). The van der Waals surface area contributed by atoms with Crippen LogP contribution in [0.15, 0.2) is 60.2 Å². The van der Waals surface area contributed by atoms with E-state index >= 15 is 0 Å². The number of benzene rings is 1. The average Bonchev–Trinajstić information content (AvgIpc) is 3.88. The van der Waals surface area contributed by atoms with E-state index in [1.54, 1.807) is 39.2 Å². The molecule has 316 valence electrons. The number of epoxide rings is 1. The van der Waals surface area contributed by atoms with Gasteiger partial charge in [-0.15, -0.1) is 0 Å². The monoisotopic (exact) mass is 819 g/mol. The Bertz CT molecular complexity index is 1530. The van der Waals surface area contributed by atoms with Crippen molar-refractivity contribution in [2.75, 3.05) is 7.11 Å². The highest BCUT2D eigenvalue weighted by Gasteiger charge is 2.54. The fraction of sp³-hybridized carbons (Fsp3) is 0.682. The van der Waals surface area contributed by atoms with Gasteiger partial charge in [-0.25, -0.2) is 0 Å². The van der Waals surface area contributed by atoms with E-state index in [2.05, 4.69) is 53.0 Å². The fourth-order valence-corrected chi connectivity index (χ4v) is 8.70. The minimum atomic E-state index is -2.31. The maximum atomic E-state index is 13.7. The first-order valence-corrected chi connectivity index (χ1v) is 23.4. The highest BCUT2D eigenvalue weighted by molar-refractivity contribution is 6.74. The van der Waals surface area contributed by atoms with Gasteiger partial charge in [-0.2, -0.15) is 0 Å². The van der Waals surface area contributed by atoms with Crippen LogP contribution in [-0.4, -0.2) is 91.4 Å². The van der Waals surface area contributed by atoms with Crippen LogP contribution in [0.1, 0.15) is 100 Å². The molecule has 2 aliphatic rings. The number of nitrogens with one attached hydrogen (secondary N) is 1. The first-order chi connectivity index (χ1) is 25.9. The third kappa shape index (κ3) is 13.6. The molecule has 0 spiro atoms. The van der Waals surface area contributed by atoms with Crippen LogP contribution in [0, 0.1) is 11.8 Å². The molecule has 0 aromatic heterocycles. The number of carbonyl (C=O) groups excluding carboxylic acids is 2.